The predicted octanol–water partition coefficient (Wildman–Crippen LogP) is 1.74. The molecule has 0 saturated carbocycles. The van der Waals surface area contributed by atoms with Crippen molar-refractivity contribution in [1.82, 2.24) is 5.43 Å². The van der Waals surface area contributed by atoms with Crippen LogP contribution in [0.25, 0.3) is 11.0 Å². The molecule has 5 heteroatoms. The van der Waals surface area contributed by atoms with Crippen LogP contribution in [0.15, 0.2) is 41.3 Å². The maximum Gasteiger partial charge on any atom is 0.301 e. The van der Waals surface area contributed by atoms with Crippen LogP contribution in [0.2, 0.25) is 0 Å². The summed E-state index contributed by atoms with van der Waals surface area (Å²) in [4.78, 5) is 11.6. The fourth-order valence-electron chi connectivity index (χ4n) is 1.74. The Morgan fingerprint density at radius 3 is 3.00 bits per heavy atom. The lowest BCUT2D eigenvalue weighted by Crippen LogP contribution is -2.30. The maximum atomic E-state index is 11.6. The van der Waals surface area contributed by atoms with Gasteiger partial charge < -0.3 is 9.15 Å². The summed E-state index contributed by atoms with van der Waals surface area (Å²) in [5, 5.41) is 0.847. The summed E-state index contributed by atoms with van der Waals surface area (Å²) in [6, 6.07) is 7.38. The van der Waals surface area contributed by atoms with Crippen molar-refractivity contribution < 1.29 is 13.9 Å². The number of nitrogen functional groups attached to an aromatic ring is 1. The minimum Gasteiger partial charge on any atom is -0.450 e. The number of para-hydroxylation sites is 1. The Kier molecular flexibility index (Phi) is 3.76. The van der Waals surface area contributed by atoms with Gasteiger partial charge in [-0.1, -0.05) is 24.3 Å². The molecule has 0 spiro atoms. The van der Waals surface area contributed by atoms with Gasteiger partial charge in [-0.05, 0) is 6.07 Å². The third-order valence-corrected chi connectivity index (χ3v) is 2.52. The van der Waals surface area contributed by atoms with Crippen LogP contribution in [0, 0.1) is 0 Å². The average molecular weight is 246 g/mol. The fraction of sp³-hybridized carbons (Fsp3) is 0.154. The highest BCUT2D eigenvalue weighted by atomic mass is 16.5. The van der Waals surface area contributed by atoms with Gasteiger partial charge in [-0.25, -0.2) is 5.84 Å². The van der Waals surface area contributed by atoms with Gasteiger partial charge in [-0.3, -0.25) is 10.2 Å². The van der Waals surface area contributed by atoms with E-state index >= 15 is 0 Å². The molecular weight excluding hydrogens is 232 g/mol. The third kappa shape index (κ3) is 2.27. The predicted molar refractivity (Wildman–Crippen MR) is 67.7 cm³/mol. The van der Waals surface area contributed by atoms with Crippen molar-refractivity contribution in [3.05, 3.63) is 48.2 Å². The molecule has 0 saturated heterocycles. The third-order valence-electron chi connectivity index (χ3n) is 2.52. The number of fused-ring (bicyclic) bond motifs is 1. The summed E-state index contributed by atoms with van der Waals surface area (Å²) < 4.78 is 10.9. The van der Waals surface area contributed by atoms with E-state index in [9.17, 15) is 4.79 Å². The first-order chi connectivity index (χ1) is 8.77. The van der Waals surface area contributed by atoms with Crippen molar-refractivity contribution in [1.29, 1.82) is 0 Å². The van der Waals surface area contributed by atoms with E-state index in [0.29, 0.717) is 17.8 Å². The number of nitrogens with one attached hydrogen (secondary N) is 1. The molecule has 94 valence electrons. The Bertz CT molecular complexity index is 575. The van der Waals surface area contributed by atoms with Crippen molar-refractivity contribution in [2.24, 2.45) is 5.84 Å². The zero-order valence-corrected chi connectivity index (χ0v) is 9.81. The molecular formula is C13H14N2O3. The first kappa shape index (κ1) is 12.3. The maximum absolute atomic E-state index is 11.6. The topological polar surface area (TPSA) is 77.5 Å². The van der Waals surface area contributed by atoms with Crippen LogP contribution in [-0.2, 0) is 11.3 Å². The Balaban J connectivity index is 2.43. The Labute approximate surface area is 104 Å². The van der Waals surface area contributed by atoms with Gasteiger partial charge in [0.05, 0.1) is 13.2 Å². The van der Waals surface area contributed by atoms with E-state index in [0.717, 1.165) is 5.39 Å². The van der Waals surface area contributed by atoms with Gasteiger partial charge in [0.1, 0.15) is 5.58 Å². The Morgan fingerprint density at radius 1 is 1.50 bits per heavy atom. The van der Waals surface area contributed by atoms with E-state index < -0.39 is 5.91 Å². The number of carbonyl (C=O) groups is 1. The molecule has 0 bridgehead atoms. The van der Waals surface area contributed by atoms with E-state index in [2.05, 4.69) is 12.0 Å². The van der Waals surface area contributed by atoms with E-state index in [1.54, 1.807) is 12.1 Å². The van der Waals surface area contributed by atoms with Crippen molar-refractivity contribution in [2.75, 3.05) is 6.61 Å². The minimum atomic E-state index is -0.469. The highest BCUT2D eigenvalue weighted by molar-refractivity contribution is 5.98. The Hall–Kier alpha value is -2.11. The second-order valence-electron chi connectivity index (χ2n) is 3.68. The highest BCUT2D eigenvalue weighted by Gasteiger charge is 2.19. The van der Waals surface area contributed by atoms with Crippen molar-refractivity contribution in [2.45, 2.75) is 6.61 Å². The number of amides is 1. The van der Waals surface area contributed by atoms with Crippen LogP contribution in [0.4, 0.5) is 0 Å². The number of hydrogen-bond donors (Lipinski definition) is 2. The highest BCUT2D eigenvalue weighted by Crippen LogP contribution is 2.26. The normalized spacial score (nSPS) is 10.5. The van der Waals surface area contributed by atoms with Crippen LogP contribution in [0.1, 0.15) is 16.1 Å². The summed E-state index contributed by atoms with van der Waals surface area (Å²) >= 11 is 0. The number of ether oxygens (including phenoxy) is 1. The average Bonchev–Trinajstić information content (AvgIpc) is 2.77. The molecule has 0 aliphatic heterocycles. The molecule has 5 nitrogen and oxygen atoms in total. The molecule has 0 atom stereocenters. The first-order valence-corrected chi connectivity index (χ1v) is 5.48. The van der Waals surface area contributed by atoms with Crippen LogP contribution in [0.5, 0.6) is 0 Å². The lowest BCUT2D eigenvalue weighted by Gasteiger charge is -2.02. The number of nitrogens with two attached hydrogens (primary N) is 1. The van der Waals surface area contributed by atoms with Crippen LogP contribution >= 0.6 is 0 Å². The fourth-order valence-corrected chi connectivity index (χ4v) is 1.74. The van der Waals surface area contributed by atoms with E-state index in [-0.39, 0.29) is 12.4 Å². The lowest BCUT2D eigenvalue weighted by molar-refractivity contribution is 0.0918. The molecule has 0 aliphatic rings. The second kappa shape index (κ2) is 5.48. The number of rotatable bonds is 5. The van der Waals surface area contributed by atoms with E-state index in [1.165, 1.54) is 0 Å². The second-order valence-corrected chi connectivity index (χ2v) is 3.68. The van der Waals surface area contributed by atoms with Gasteiger partial charge in [-0.15, -0.1) is 6.58 Å². The quantitative estimate of drug-likeness (QED) is 0.277. The van der Waals surface area contributed by atoms with Crippen LogP contribution in [-0.4, -0.2) is 12.5 Å². The standard InChI is InChI=1S/C13H14N2O3/c1-2-7-17-8-10-9-5-3-4-6-11(9)18-12(10)13(16)15-14/h2-6H,1,7-8,14H2,(H,15,16). The number of benzene rings is 1. The molecule has 0 fully saturated rings. The molecule has 0 aliphatic carbocycles. The molecule has 1 aromatic heterocycles. The number of hydrogen-bond acceptors (Lipinski definition) is 4. The summed E-state index contributed by atoms with van der Waals surface area (Å²) in [5.41, 5.74) is 3.39. The molecule has 2 aromatic rings. The molecule has 18 heavy (non-hydrogen) atoms. The zero-order valence-electron chi connectivity index (χ0n) is 9.81. The molecule has 1 heterocycles. The zero-order chi connectivity index (χ0) is 13.0. The molecule has 3 N–H and O–H groups in total. The van der Waals surface area contributed by atoms with Crippen LogP contribution < -0.4 is 11.3 Å². The monoisotopic (exact) mass is 246 g/mol. The Morgan fingerprint density at radius 2 is 2.28 bits per heavy atom. The number of furan rings is 1. The minimum absolute atomic E-state index is 0.183. The van der Waals surface area contributed by atoms with E-state index in [1.807, 2.05) is 18.2 Å². The van der Waals surface area contributed by atoms with E-state index in [4.69, 9.17) is 15.0 Å². The van der Waals surface area contributed by atoms with Crippen molar-refractivity contribution >= 4 is 16.9 Å². The largest absolute Gasteiger partial charge is 0.450 e. The lowest BCUT2D eigenvalue weighted by atomic mass is 10.1. The first-order valence-electron chi connectivity index (χ1n) is 5.48. The van der Waals surface area contributed by atoms with Crippen LogP contribution in [0.3, 0.4) is 0 Å². The summed E-state index contributed by atoms with van der Waals surface area (Å²) in [7, 11) is 0. The van der Waals surface area contributed by atoms with Crippen molar-refractivity contribution in [3.8, 4) is 0 Å². The molecule has 1 amide bonds. The smallest absolute Gasteiger partial charge is 0.301 e. The van der Waals surface area contributed by atoms with Gasteiger partial charge in [0, 0.05) is 10.9 Å². The summed E-state index contributed by atoms with van der Waals surface area (Å²) in [6.45, 7) is 4.24. The number of carbonyl (C=O) groups excluding carboxylic acids is 1. The van der Waals surface area contributed by atoms with Gasteiger partial charge in [0.25, 0.3) is 0 Å². The molecule has 0 unspecified atom stereocenters. The molecule has 2 rings (SSSR count). The van der Waals surface area contributed by atoms with Gasteiger partial charge >= 0.3 is 5.91 Å². The molecule has 0 radical (unpaired) electrons. The molecule has 1 aromatic carbocycles. The SMILES string of the molecule is C=CCOCc1c(C(=O)NN)oc2ccccc12. The summed E-state index contributed by atoms with van der Waals surface area (Å²) in [5.74, 6) is 4.85. The summed E-state index contributed by atoms with van der Waals surface area (Å²) in [6.07, 6.45) is 1.64. The van der Waals surface area contributed by atoms with Gasteiger partial charge in [0.2, 0.25) is 0 Å². The van der Waals surface area contributed by atoms with Crippen molar-refractivity contribution in [3.63, 3.8) is 0 Å². The number of hydrazine groups is 1. The van der Waals surface area contributed by atoms with Gasteiger partial charge in [-0.2, -0.15) is 0 Å². The van der Waals surface area contributed by atoms with Gasteiger partial charge in [0.15, 0.2) is 5.76 Å².